The lowest BCUT2D eigenvalue weighted by molar-refractivity contribution is 0.376. The lowest BCUT2D eigenvalue weighted by Crippen LogP contribution is -2.50. The quantitative estimate of drug-likeness (QED) is 0.676. The van der Waals surface area contributed by atoms with E-state index in [0.29, 0.717) is 6.54 Å². The molecule has 6 heteroatoms. The fraction of sp³-hybridized carbons (Fsp3) is 0.647. The molecule has 0 unspecified atom stereocenters. The largest absolute Gasteiger partial charge is 0.363 e. The summed E-state index contributed by atoms with van der Waals surface area (Å²) in [6.45, 7) is 10.4. The van der Waals surface area contributed by atoms with Gasteiger partial charge >= 0.3 is 0 Å². The lowest BCUT2D eigenvalue weighted by atomic mass is 10.2. The van der Waals surface area contributed by atoms with Crippen LogP contribution in [0.15, 0.2) is 23.3 Å². The SMILES string of the molecule is CCNC(=NCc1ccnc(N(C)C)c1)N1CCSC(C)(C)C1. The molecule has 2 rings (SSSR count). The molecule has 128 valence electrons. The third-order valence-electron chi connectivity index (χ3n) is 3.74. The molecule has 1 aromatic heterocycles. The predicted molar refractivity (Wildman–Crippen MR) is 101 cm³/mol. The molecule has 1 aromatic rings. The maximum atomic E-state index is 4.85. The Morgan fingerprint density at radius 1 is 1.48 bits per heavy atom. The van der Waals surface area contributed by atoms with Gasteiger partial charge in [0, 0.05) is 50.4 Å². The number of rotatable bonds is 4. The number of thioether (sulfide) groups is 1. The standard InChI is InChI=1S/C17H29N5S/c1-6-18-16(22-9-10-23-17(2,3)13-22)20-12-14-7-8-19-15(11-14)21(4)5/h7-8,11H,6,9-10,12-13H2,1-5H3,(H,18,20). The normalized spacial score (nSPS) is 18.0. The molecule has 5 nitrogen and oxygen atoms in total. The van der Waals surface area contributed by atoms with Crippen LogP contribution in [0.2, 0.25) is 0 Å². The Morgan fingerprint density at radius 3 is 2.91 bits per heavy atom. The molecule has 1 aliphatic rings. The van der Waals surface area contributed by atoms with Crippen molar-refractivity contribution in [2.75, 3.05) is 44.4 Å². The smallest absolute Gasteiger partial charge is 0.194 e. The number of nitrogens with zero attached hydrogens (tertiary/aromatic N) is 4. The number of nitrogens with one attached hydrogen (secondary N) is 1. The van der Waals surface area contributed by atoms with Crippen LogP contribution < -0.4 is 10.2 Å². The minimum absolute atomic E-state index is 0.281. The van der Waals surface area contributed by atoms with E-state index in [-0.39, 0.29) is 4.75 Å². The van der Waals surface area contributed by atoms with E-state index in [9.17, 15) is 0 Å². The maximum absolute atomic E-state index is 4.85. The summed E-state index contributed by atoms with van der Waals surface area (Å²) in [5.41, 5.74) is 1.18. The van der Waals surface area contributed by atoms with E-state index < -0.39 is 0 Å². The first-order chi connectivity index (χ1) is 10.9. The molecular weight excluding hydrogens is 306 g/mol. The van der Waals surface area contributed by atoms with Gasteiger partial charge in [-0.2, -0.15) is 11.8 Å². The van der Waals surface area contributed by atoms with Crippen LogP contribution >= 0.6 is 11.8 Å². The van der Waals surface area contributed by atoms with Gasteiger partial charge in [0.05, 0.1) is 6.54 Å². The summed E-state index contributed by atoms with van der Waals surface area (Å²) in [6.07, 6.45) is 1.85. The fourth-order valence-electron chi connectivity index (χ4n) is 2.59. The zero-order valence-corrected chi connectivity index (χ0v) is 15.8. The Bertz CT molecular complexity index is 542. The Labute approximate surface area is 144 Å². The Balaban J connectivity index is 2.11. The minimum Gasteiger partial charge on any atom is -0.363 e. The summed E-state index contributed by atoms with van der Waals surface area (Å²) in [5.74, 6) is 3.14. The Morgan fingerprint density at radius 2 is 2.26 bits per heavy atom. The number of aromatic nitrogens is 1. The number of hydrogen-bond donors (Lipinski definition) is 1. The lowest BCUT2D eigenvalue weighted by Gasteiger charge is -2.39. The fourth-order valence-corrected chi connectivity index (χ4v) is 3.70. The van der Waals surface area contributed by atoms with Crippen LogP contribution in [0.4, 0.5) is 5.82 Å². The molecule has 0 aliphatic carbocycles. The van der Waals surface area contributed by atoms with Gasteiger partial charge in [-0.25, -0.2) is 9.98 Å². The van der Waals surface area contributed by atoms with Crippen LogP contribution in [0.5, 0.6) is 0 Å². The molecule has 0 saturated carbocycles. The van der Waals surface area contributed by atoms with Crippen molar-refractivity contribution in [1.82, 2.24) is 15.2 Å². The van der Waals surface area contributed by atoms with E-state index >= 15 is 0 Å². The number of pyridine rings is 1. The average molecular weight is 336 g/mol. The summed E-state index contributed by atoms with van der Waals surface area (Å²) in [4.78, 5) is 13.6. The van der Waals surface area contributed by atoms with E-state index in [2.05, 4.69) is 42.0 Å². The van der Waals surface area contributed by atoms with Crippen LogP contribution in [0.25, 0.3) is 0 Å². The number of guanidine groups is 1. The molecule has 1 fully saturated rings. The highest BCUT2D eigenvalue weighted by Crippen LogP contribution is 2.29. The molecule has 0 radical (unpaired) electrons. The molecule has 0 spiro atoms. The zero-order valence-electron chi connectivity index (χ0n) is 15.0. The van der Waals surface area contributed by atoms with Crippen molar-refractivity contribution in [2.24, 2.45) is 4.99 Å². The van der Waals surface area contributed by atoms with Crippen molar-refractivity contribution in [3.63, 3.8) is 0 Å². The van der Waals surface area contributed by atoms with E-state index in [1.54, 1.807) is 0 Å². The molecule has 0 amide bonds. The van der Waals surface area contributed by atoms with Crippen LogP contribution in [0.3, 0.4) is 0 Å². The molecule has 23 heavy (non-hydrogen) atoms. The number of anilines is 1. The van der Waals surface area contributed by atoms with Crippen molar-refractivity contribution in [1.29, 1.82) is 0 Å². The summed E-state index contributed by atoms with van der Waals surface area (Å²) in [7, 11) is 4.01. The zero-order chi connectivity index (χ0) is 16.9. The third-order valence-corrected chi connectivity index (χ3v) is 5.04. The highest BCUT2D eigenvalue weighted by molar-refractivity contribution is 8.00. The highest BCUT2D eigenvalue weighted by Gasteiger charge is 2.28. The van der Waals surface area contributed by atoms with Crippen molar-refractivity contribution in [3.05, 3.63) is 23.9 Å². The van der Waals surface area contributed by atoms with Gasteiger partial charge in [0.1, 0.15) is 5.82 Å². The van der Waals surface area contributed by atoms with E-state index in [0.717, 1.165) is 37.2 Å². The second-order valence-electron chi connectivity index (χ2n) is 6.62. The number of hydrogen-bond acceptors (Lipinski definition) is 4. The predicted octanol–water partition coefficient (Wildman–Crippen LogP) is 2.44. The van der Waals surface area contributed by atoms with Crippen molar-refractivity contribution < 1.29 is 0 Å². The van der Waals surface area contributed by atoms with E-state index in [4.69, 9.17) is 4.99 Å². The maximum Gasteiger partial charge on any atom is 0.194 e. The van der Waals surface area contributed by atoms with Gasteiger partial charge in [0.25, 0.3) is 0 Å². The molecule has 0 atom stereocenters. The molecule has 1 saturated heterocycles. The number of aliphatic imine (C=N–C) groups is 1. The van der Waals surface area contributed by atoms with Crippen LogP contribution in [0.1, 0.15) is 26.3 Å². The molecule has 0 bridgehead atoms. The van der Waals surface area contributed by atoms with Crippen molar-refractivity contribution in [3.8, 4) is 0 Å². The minimum atomic E-state index is 0.281. The summed E-state index contributed by atoms with van der Waals surface area (Å²) >= 11 is 2.04. The van der Waals surface area contributed by atoms with Crippen LogP contribution in [-0.4, -0.2) is 60.1 Å². The van der Waals surface area contributed by atoms with Gasteiger partial charge in [-0.1, -0.05) is 0 Å². The van der Waals surface area contributed by atoms with Gasteiger partial charge in [-0.3, -0.25) is 0 Å². The van der Waals surface area contributed by atoms with Gasteiger partial charge in [0.15, 0.2) is 5.96 Å². The summed E-state index contributed by atoms with van der Waals surface area (Å²) in [5, 5.41) is 3.44. The van der Waals surface area contributed by atoms with Gasteiger partial charge in [0.2, 0.25) is 0 Å². The molecule has 1 aliphatic heterocycles. The second kappa shape index (κ2) is 7.90. The topological polar surface area (TPSA) is 43.8 Å². The first-order valence-corrected chi connectivity index (χ1v) is 9.19. The van der Waals surface area contributed by atoms with Gasteiger partial charge in [-0.05, 0) is 38.5 Å². The summed E-state index contributed by atoms with van der Waals surface area (Å²) in [6, 6.07) is 4.14. The third kappa shape index (κ3) is 5.30. The van der Waals surface area contributed by atoms with Gasteiger partial charge < -0.3 is 15.1 Å². The molecule has 0 aromatic carbocycles. The first kappa shape index (κ1) is 17.9. The monoisotopic (exact) mass is 335 g/mol. The van der Waals surface area contributed by atoms with Crippen LogP contribution in [0, 0.1) is 0 Å². The Kier molecular flexibility index (Phi) is 6.16. The average Bonchev–Trinajstić information content (AvgIpc) is 2.50. The first-order valence-electron chi connectivity index (χ1n) is 8.21. The van der Waals surface area contributed by atoms with E-state index in [1.165, 1.54) is 5.56 Å². The van der Waals surface area contributed by atoms with E-state index in [1.807, 2.05) is 43.0 Å². The molecular formula is C17H29N5S. The van der Waals surface area contributed by atoms with Gasteiger partial charge in [-0.15, -0.1) is 0 Å². The molecule has 2 heterocycles. The molecule has 1 N–H and O–H groups in total. The highest BCUT2D eigenvalue weighted by atomic mass is 32.2. The Hall–Kier alpha value is -1.43. The van der Waals surface area contributed by atoms with Crippen LogP contribution in [-0.2, 0) is 6.54 Å². The van der Waals surface area contributed by atoms with Crippen molar-refractivity contribution >= 4 is 23.5 Å². The summed E-state index contributed by atoms with van der Waals surface area (Å²) < 4.78 is 0.281. The second-order valence-corrected chi connectivity index (χ2v) is 8.42. The van der Waals surface area contributed by atoms with Crippen molar-refractivity contribution in [2.45, 2.75) is 32.1 Å².